The van der Waals surface area contributed by atoms with Gasteiger partial charge in [-0.2, -0.15) is 0 Å². The van der Waals surface area contributed by atoms with Crippen molar-refractivity contribution in [1.82, 2.24) is 4.98 Å². The molecule has 0 fully saturated rings. The molecule has 0 aliphatic heterocycles. The van der Waals surface area contributed by atoms with E-state index in [1.165, 1.54) is 0 Å². The maximum atomic E-state index is 9.12. The minimum absolute atomic E-state index is 0.347. The van der Waals surface area contributed by atoms with Crippen molar-refractivity contribution >= 4 is 11.3 Å². The van der Waals surface area contributed by atoms with E-state index in [0.717, 1.165) is 10.7 Å². The lowest BCUT2D eigenvalue weighted by Gasteiger charge is -2.10. The van der Waals surface area contributed by atoms with Gasteiger partial charge in [-0.3, -0.25) is 0 Å². The molecule has 0 amide bonds. The number of hydrogen-bond acceptors (Lipinski definition) is 4. The van der Waals surface area contributed by atoms with Gasteiger partial charge in [-0.25, -0.2) is 4.98 Å². The quantitative estimate of drug-likeness (QED) is 0.694. The third-order valence-electron chi connectivity index (χ3n) is 1.50. The van der Waals surface area contributed by atoms with Crippen LogP contribution >= 0.6 is 11.3 Å². The van der Waals surface area contributed by atoms with Gasteiger partial charge in [0.05, 0.1) is 22.8 Å². The molecule has 0 radical (unpaired) electrons. The van der Waals surface area contributed by atoms with Gasteiger partial charge in [0.2, 0.25) is 0 Å². The van der Waals surface area contributed by atoms with E-state index in [9.17, 15) is 0 Å². The Morgan fingerprint density at radius 2 is 2.36 bits per heavy atom. The van der Waals surface area contributed by atoms with Crippen molar-refractivity contribution < 1.29 is 5.11 Å². The number of nitrogens with two attached hydrogens (primary N) is 1. The van der Waals surface area contributed by atoms with Crippen LogP contribution in [-0.2, 0) is 0 Å². The average molecular weight is 172 g/mol. The molecule has 0 unspecified atom stereocenters. The van der Waals surface area contributed by atoms with Crippen molar-refractivity contribution in [3.63, 3.8) is 0 Å². The number of nitrogens with zero attached hydrogens (tertiary/aromatic N) is 1. The topological polar surface area (TPSA) is 59.1 Å². The normalized spacial score (nSPS) is 16.4. The van der Waals surface area contributed by atoms with Crippen LogP contribution in [0.15, 0.2) is 5.38 Å². The summed E-state index contributed by atoms with van der Waals surface area (Å²) >= 11 is 1.55. The van der Waals surface area contributed by atoms with Gasteiger partial charge >= 0.3 is 0 Å². The minimum atomic E-state index is -0.531. The highest BCUT2D eigenvalue weighted by Gasteiger charge is 2.13. The summed E-state index contributed by atoms with van der Waals surface area (Å²) in [5.41, 5.74) is 6.43. The number of aryl methyl sites for hydroxylation is 1. The predicted molar refractivity (Wildman–Crippen MR) is 45.5 cm³/mol. The van der Waals surface area contributed by atoms with Gasteiger partial charge in [0.25, 0.3) is 0 Å². The van der Waals surface area contributed by atoms with Crippen LogP contribution in [0, 0.1) is 6.92 Å². The van der Waals surface area contributed by atoms with Crippen molar-refractivity contribution in [2.24, 2.45) is 5.73 Å². The van der Waals surface area contributed by atoms with Crippen molar-refractivity contribution in [2.75, 3.05) is 0 Å². The molecule has 2 atom stereocenters. The Morgan fingerprint density at radius 3 is 2.73 bits per heavy atom. The van der Waals surface area contributed by atoms with Crippen LogP contribution in [0.1, 0.15) is 23.7 Å². The van der Waals surface area contributed by atoms with E-state index in [2.05, 4.69) is 4.98 Å². The van der Waals surface area contributed by atoms with Gasteiger partial charge in [0.1, 0.15) is 0 Å². The number of aliphatic hydroxyl groups excluding tert-OH is 1. The summed E-state index contributed by atoms with van der Waals surface area (Å²) in [5, 5.41) is 12.0. The Bertz CT molecular complexity index is 234. The highest BCUT2D eigenvalue weighted by Crippen LogP contribution is 2.16. The molecule has 0 bridgehead atoms. The van der Waals surface area contributed by atoms with Gasteiger partial charge in [-0.05, 0) is 13.8 Å². The van der Waals surface area contributed by atoms with E-state index in [4.69, 9.17) is 10.8 Å². The zero-order chi connectivity index (χ0) is 8.43. The second-order valence-electron chi connectivity index (χ2n) is 2.56. The molecule has 1 aromatic rings. The van der Waals surface area contributed by atoms with Crippen LogP contribution in [0.3, 0.4) is 0 Å². The first-order chi connectivity index (χ1) is 5.11. The fourth-order valence-corrected chi connectivity index (χ4v) is 1.44. The van der Waals surface area contributed by atoms with Crippen molar-refractivity contribution in [3.8, 4) is 0 Å². The summed E-state index contributed by atoms with van der Waals surface area (Å²) in [7, 11) is 0. The summed E-state index contributed by atoms with van der Waals surface area (Å²) in [6, 6.07) is -0.347. The van der Waals surface area contributed by atoms with Crippen molar-refractivity contribution in [2.45, 2.75) is 26.0 Å². The largest absolute Gasteiger partial charge is 0.391 e. The van der Waals surface area contributed by atoms with Crippen LogP contribution in [0.2, 0.25) is 0 Å². The molecule has 1 aromatic heterocycles. The Labute approximate surface area is 69.9 Å². The van der Waals surface area contributed by atoms with E-state index in [1.807, 2.05) is 12.3 Å². The van der Waals surface area contributed by atoms with E-state index in [-0.39, 0.29) is 6.04 Å². The van der Waals surface area contributed by atoms with Crippen LogP contribution in [0.4, 0.5) is 0 Å². The monoisotopic (exact) mass is 172 g/mol. The first kappa shape index (κ1) is 8.64. The SMILES string of the molecule is Cc1nc([C@H](N)[C@H](C)O)cs1. The molecule has 0 aliphatic carbocycles. The molecule has 62 valence electrons. The predicted octanol–water partition coefficient (Wildman–Crippen LogP) is 0.832. The average Bonchev–Trinajstić information content (AvgIpc) is 2.34. The van der Waals surface area contributed by atoms with Crippen LogP contribution in [-0.4, -0.2) is 16.2 Å². The molecule has 1 heterocycles. The minimum Gasteiger partial charge on any atom is -0.391 e. The maximum Gasteiger partial charge on any atom is 0.0898 e. The molecule has 0 saturated heterocycles. The summed E-state index contributed by atoms with van der Waals surface area (Å²) < 4.78 is 0. The van der Waals surface area contributed by atoms with Crippen LogP contribution < -0.4 is 5.73 Å². The standard InChI is InChI=1S/C7H12N2OS/c1-4(10)7(8)6-3-11-5(2)9-6/h3-4,7,10H,8H2,1-2H3/t4-,7+/m0/s1. The molecule has 0 spiro atoms. The summed E-state index contributed by atoms with van der Waals surface area (Å²) in [5.74, 6) is 0. The molecule has 3 N–H and O–H groups in total. The van der Waals surface area contributed by atoms with Crippen molar-refractivity contribution in [1.29, 1.82) is 0 Å². The first-order valence-corrected chi connectivity index (χ1v) is 4.35. The van der Waals surface area contributed by atoms with Gasteiger partial charge in [0.15, 0.2) is 0 Å². The third-order valence-corrected chi connectivity index (χ3v) is 2.29. The fourth-order valence-electron chi connectivity index (χ4n) is 0.780. The molecule has 0 saturated carbocycles. The second kappa shape index (κ2) is 3.30. The number of thiazole rings is 1. The number of aliphatic hydroxyl groups is 1. The Balaban J connectivity index is 2.76. The summed E-state index contributed by atoms with van der Waals surface area (Å²) in [4.78, 5) is 4.17. The van der Waals surface area contributed by atoms with E-state index < -0.39 is 6.10 Å². The Hall–Kier alpha value is -0.450. The molecule has 11 heavy (non-hydrogen) atoms. The van der Waals surface area contributed by atoms with Gasteiger partial charge in [-0.1, -0.05) is 0 Å². The molecule has 1 rings (SSSR count). The Kier molecular flexibility index (Phi) is 2.59. The van der Waals surface area contributed by atoms with E-state index >= 15 is 0 Å². The van der Waals surface area contributed by atoms with Crippen LogP contribution in [0.25, 0.3) is 0 Å². The molecule has 0 aromatic carbocycles. The lowest BCUT2D eigenvalue weighted by atomic mass is 10.1. The van der Waals surface area contributed by atoms with Crippen molar-refractivity contribution in [3.05, 3.63) is 16.1 Å². The lowest BCUT2D eigenvalue weighted by molar-refractivity contribution is 0.163. The Morgan fingerprint density at radius 1 is 1.73 bits per heavy atom. The van der Waals surface area contributed by atoms with E-state index in [0.29, 0.717) is 0 Å². The van der Waals surface area contributed by atoms with Gasteiger partial charge in [-0.15, -0.1) is 11.3 Å². The fraction of sp³-hybridized carbons (Fsp3) is 0.571. The lowest BCUT2D eigenvalue weighted by Crippen LogP contribution is -2.23. The zero-order valence-electron chi connectivity index (χ0n) is 6.61. The van der Waals surface area contributed by atoms with E-state index in [1.54, 1.807) is 18.3 Å². The summed E-state index contributed by atoms with van der Waals surface area (Å²) in [6.45, 7) is 3.59. The number of rotatable bonds is 2. The summed E-state index contributed by atoms with van der Waals surface area (Å²) in [6.07, 6.45) is -0.531. The zero-order valence-corrected chi connectivity index (χ0v) is 7.43. The molecule has 4 heteroatoms. The highest BCUT2D eigenvalue weighted by atomic mass is 32.1. The number of aromatic nitrogens is 1. The van der Waals surface area contributed by atoms with Crippen LogP contribution in [0.5, 0.6) is 0 Å². The molecular formula is C7H12N2OS. The molecule has 3 nitrogen and oxygen atoms in total. The number of hydrogen-bond donors (Lipinski definition) is 2. The first-order valence-electron chi connectivity index (χ1n) is 3.47. The van der Waals surface area contributed by atoms with Gasteiger partial charge < -0.3 is 10.8 Å². The smallest absolute Gasteiger partial charge is 0.0898 e. The second-order valence-corrected chi connectivity index (χ2v) is 3.62. The molecule has 0 aliphatic rings. The highest BCUT2D eigenvalue weighted by molar-refractivity contribution is 7.09. The molecular weight excluding hydrogens is 160 g/mol. The third kappa shape index (κ3) is 1.99. The maximum absolute atomic E-state index is 9.12. The van der Waals surface area contributed by atoms with Gasteiger partial charge in [0, 0.05) is 5.38 Å².